The van der Waals surface area contributed by atoms with Crippen LogP contribution in [-0.4, -0.2) is 61.0 Å². The third kappa shape index (κ3) is 4.80. The lowest BCUT2D eigenvalue weighted by Gasteiger charge is -2.32. The number of primary amides is 1. The number of aromatic amines is 1. The molecule has 1 aliphatic rings. The Morgan fingerprint density at radius 1 is 1.19 bits per heavy atom. The summed E-state index contributed by atoms with van der Waals surface area (Å²) in [5.41, 5.74) is 7.77. The molecule has 1 atom stereocenters. The molecule has 9 nitrogen and oxygen atoms in total. The van der Waals surface area contributed by atoms with E-state index in [1.807, 2.05) is 36.4 Å². The van der Waals surface area contributed by atoms with Crippen molar-refractivity contribution in [2.24, 2.45) is 5.73 Å². The van der Waals surface area contributed by atoms with E-state index in [0.717, 1.165) is 11.1 Å². The molecular formula is C25H23ClN4O5S. The topological polar surface area (TPSA) is 128 Å². The van der Waals surface area contributed by atoms with Crippen LogP contribution in [-0.2, 0) is 14.8 Å². The third-order valence-corrected chi connectivity index (χ3v) is 8.13. The molecule has 1 aliphatic heterocycles. The van der Waals surface area contributed by atoms with Crippen LogP contribution in [0.3, 0.4) is 0 Å². The number of halogens is 1. The highest BCUT2D eigenvalue weighted by Gasteiger charge is 2.36. The van der Waals surface area contributed by atoms with Crippen LogP contribution in [0, 0.1) is 0 Å². The summed E-state index contributed by atoms with van der Waals surface area (Å²) in [4.78, 5) is 18.8. The van der Waals surface area contributed by atoms with Crippen molar-refractivity contribution in [1.82, 2.24) is 14.3 Å². The van der Waals surface area contributed by atoms with E-state index in [9.17, 15) is 13.2 Å². The lowest BCUT2D eigenvalue weighted by molar-refractivity contribution is -0.0249. The number of nitrogens with one attached hydrogen (secondary N) is 1. The van der Waals surface area contributed by atoms with Gasteiger partial charge in [-0.1, -0.05) is 29.8 Å². The molecule has 0 spiro atoms. The van der Waals surface area contributed by atoms with E-state index in [0.29, 0.717) is 21.7 Å². The number of hydrogen-bond acceptors (Lipinski definition) is 6. The van der Waals surface area contributed by atoms with E-state index in [4.69, 9.17) is 26.8 Å². The number of H-pyrrole nitrogens is 1. The summed E-state index contributed by atoms with van der Waals surface area (Å²) in [6.07, 6.45) is 3.00. The summed E-state index contributed by atoms with van der Waals surface area (Å²) in [5, 5.41) is 0.654. The number of rotatable bonds is 7. The second kappa shape index (κ2) is 9.90. The Bertz CT molecular complexity index is 1510. The van der Waals surface area contributed by atoms with Crippen molar-refractivity contribution in [2.45, 2.75) is 11.0 Å². The molecule has 5 rings (SSSR count). The lowest BCUT2D eigenvalue weighted by atomic mass is 10.1. The minimum Gasteiger partial charge on any atom is -0.491 e. The maximum atomic E-state index is 13.6. The summed E-state index contributed by atoms with van der Waals surface area (Å²) in [6, 6.07) is 16.1. The highest BCUT2D eigenvalue weighted by Crippen LogP contribution is 2.32. The number of benzene rings is 2. The Morgan fingerprint density at radius 2 is 2.00 bits per heavy atom. The van der Waals surface area contributed by atoms with Gasteiger partial charge in [0.1, 0.15) is 29.0 Å². The number of nitrogens with two attached hydrogens (primary N) is 1. The molecule has 0 radical (unpaired) electrons. The molecule has 11 heteroatoms. The van der Waals surface area contributed by atoms with Gasteiger partial charge >= 0.3 is 0 Å². The molecule has 2 aromatic carbocycles. The molecule has 36 heavy (non-hydrogen) atoms. The van der Waals surface area contributed by atoms with Gasteiger partial charge in [0.15, 0.2) is 0 Å². The van der Waals surface area contributed by atoms with Crippen molar-refractivity contribution >= 4 is 38.4 Å². The minimum atomic E-state index is -4.09. The Morgan fingerprint density at radius 3 is 2.72 bits per heavy atom. The van der Waals surface area contributed by atoms with Gasteiger partial charge in [-0.2, -0.15) is 4.31 Å². The smallest absolute Gasteiger partial charge is 0.266 e. The molecular weight excluding hydrogens is 504 g/mol. The van der Waals surface area contributed by atoms with Crippen LogP contribution in [0.5, 0.6) is 5.75 Å². The van der Waals surface area contributed by atoms with Gasteiger partial charge in [-0.3, -0.25) is 9.78 Å². The summed E-state index contributed by atoms with van der Waals surface area (Å²) < 4.78 is 40.2. The van der Waals surface area contributed by atoms with Crippen molar-refractivity contribution in [1.29, 1.82) is 0 Å². The van der Waals surface area contributed by atoms with Crippen LogP contribution in [0.15, 0.2) is 71.9 Å². The number of sulfonamides is 1. The second-order valence-electron chi connectivity index (χ2n) is 8.32. The Kier molecular flexibility index (Phi) is 6.67. The largest absolute Gasteiger partial charge is 0.491 e. The zero-order valence-corrected chi connectivity index (χ0v) is 20.6. The first-order chi connectivity index (χ1) is 17.3. The lowest BCUT2D eigenvalue weighted by Crippen LogP contribution is -2.47. The summed E-state index contributed by atoms with van der Waals surface area (Å²) >= 11 is 6.10. The Hall–Kier alpha value is -3.44. The average molecular weight is 527 g/mol. The predicted molar refractivity (Wildman–Crippen MR) is 135 cm³/mol. The molecule has 1 amide bonds. The first-order valence-electron chi connectivity index (χ1n) is 11.2. The van der Waals surface area contributed by atoms with Crippen LogP contribution in [0.25, 0.3) is 22.0 Å². The van der Waals surface area contributed by atoms with E-state index >= 15 is 0 Å². The average Bonchev–Trinajstić information content (AvgIpc) is 3.28. The van der Waals surface area contributed by atoms with Crippen molar-refractivity contribution in [3.63, 3.8) is 0 Å². The number of carbonyl (C=O) groups is 1. The number of hydrogen-bond donors (Lipinski definition) is 2. The summed E-state index contributed by atoms with van der Waals surface area (Å²) in [6.45, 7) is 0.522. The molecule has 186 valence electrons. The molecule has 4 aromatic rings. The van der Waals surface area contributed by atoms with E-state index in [1.54, 1.807) is 24.5 Å². The van der Waals surface area contributed by atoms with Gasteiger partial charge in [0, 0.05) is 41.4 Å². The standard InChI is InChI=1S/C25H23ClN4O5S/c26-18-5-8-22-21(12-18)24(23(29-22)25(27)31)36(32,33)30-10-11-34-20(14-30)15-35-19-6-3-16(4-7-19)17-2-1-9-28-13-17/h1-9,12-13,20,29H,10-11,14-15H2,(H2,27,31). The number of fused-ring (bicyclic) bond motifs is 1. The monoisotopic (exact) mass is 526 g/mol. The fourth-order valence-electron chi connectivity index (χ4n) is 4.19. The molecule has 1 fully saturated rings. The molecule has 3 N–H and O–H groups in total. The van der Waals surface area contributed by atoms with E-state index in [2.05, 4.69) is 9.97 Å². The number of ether oxygens (including phenoxy) is 2. The quantitative estimate of drug-likeness (QED) is 0.379. The van der Waals surface area contributed by atoms with E-state index in [-0.39, 0.29) is 36.9 Å². The fourth-order valence-corrected chi connectivity index (χ4v) is 6.15. The summed E-state index contributed by atoms with van der Waals surface area (Å²) in [7, 11) is -4.09. The first kappa shape index (κ1) is 24.3. The van der Waals surface area contributed by atoms with Crippen LogP contribution >= 0.6 is 11.6 Å². The SMILES string of the molecule is NC(=O)c1[nH]c2ccc(Cl)cc2c1S(=O)(=O)N1CCOC(COc2ccc(-c3cccnc3)cc2)C1. The third-order valence-electron chi connectivity index (χ3n) is 5.94. The van der Waals surface area contributed by atoms with Gasteiger partial charge in [-0.05, 0) is 47.5 Å². The number of aromatic nitrogens is 2. The normalized spacial score (nSPS) is 16.8. The minimum absolute atomic E-state index is 0.0571. The van der Waals surface area contributed by atoms with Gasteiger partial charge in [-0.25, -0.2) is 8.42 Å². The van der Waals surface area contributed by atoms with E-state index < -0.39 is 22.0 Å². The zero-order chi connectivity index (χ0) is 25.3. The molecule has 1 unspecified atom stereocenters. The number of nitrogens with zero attached hydrogens (tertiary/aromatic N) is 2. The molecule has 1 saturated heterocycles. The van der Waals surface area contributed by atoms with Gasteiger partial charge in [-0.15, -0.1) is 0 Å². The maximum Gasteiger partial charge on any atom is 0.266 e. The first-order valence-corrected chi connectivity index (χ1v) is 13.0. The number of carbonyl (C=O) groups excluding carboxylic acids is 1. The van der Waals surface area contributed by atoms with Crippen LogP contribution < -0.4 is 10.5 Å². The predicted octanol–water partition coefficient (Wildman–Crippen LogP) is 3.45. The van der Waals surface area contributed by atoms with Gasteiger partial charge in [0.05, 0.1) is 6.61 Å². The van der Waals surface area contributed by atoms with Crippen molar-refractivity contribution in [3.05, 3.63) is 77.7 Å². The molecule has 3 heterocycles. The zero-order valence-electron chi connectivity index (χ0n) is 19.1. The number of amides is 1. The maximum absolute atomic E-state index is 13.6. The summed E-state index contributed by atoms with van der Waals surface area (Å²) in [5.74, 6) is -0.239. The highest BCUT2D eigenvalue weighted by atomic mass is 35.5. The highest BCUT2D eigenvalue weighted by molar-refractivity contribution is 7.89. The molecule has 2 aromatic heterocycles. The number of morpholine rings is 1. The van der Waals surface area contributed by atoms with Crippen LogP contribution in [0.1, 0.15) is 10.5 Å². The molecule has 0 bridgehead atoms. The molecule has 0 aliphatic carbocycles. The van der Waals surface area contributed by atoms with Crippen molar-refractivity contribution in [2.75, 3.05) is 26.3 Å². The van der Waals surface area contributed by atoms with Crippen molar-refractivity contribution in [3.8, 4) is 16.9 Å². The van der Waals surface area contributed by atoms with Gasteiger partial charge in [0.25, 0.3) is 5.91 Å². The molecule has 0 saturated carbocycles. The Balaban J connectivity index is 1.32. The fraction of sp³-hybridized carbons (Fsp3) is 0.200. The van der Waals surface area contributed by atoms with Crippen LogP contribution in [0.4, 0.5) is 0 Å². The van der Waals surface area contributed by atoms with E-state index in [1.165, 1.54) is 10.4 Å². The second-order valence-corrected chi connectivity index (χ2v) is 10.6. The number of pyridine rings is 1. The van der Waals surface area contributed by atoms with Crippen LogP contribution in [0.2, 0.25) is 5.02 Å². The van der Waals surface area contributed by atoms with Crippen molar-refractivity contribution < 1.29 is 22.7 Å². The Labute approximate surface area is 212 Å². The van der Waals surface area contributed by atoms with Gasteiger partial charge in [0.2, 0.25) is 10.0 Å². The van der Waals surface area contributed by atoms with Gasteiger partial charge < -0.3 is 20.2 Å².